The van der Waals surface area contributed by atoms with Crippen molar-refractivity contribution in [2.45, 2.75) is 33.2 Å². The number of aromatic nitrogens is 1. The van der Waals surface area contributed by atoms with E-state index in [0.29, 0.717) is 16.9 Å². The Balaban J connectivity index is 2.14. The summed E-state index contributed by atoms with van der Waals surface area (Å²) in [5, 5.41) is 8.19. The van der Waals surface area contributed by atoms with Gasteiger partial charge >= 0.3 is 0 Å². The van der Waals surface area contributed by atoms with Gasteiger partial charge in [0.05, 0.1) is 0 Å². The van der Waals surface area contributed by atoms with Crippen LogP contribution in [-0.2, 0) is 4.79 Å². The largest absolute Gasteiger partial charge is 0.346 e. The summed E-state index contributed by atoms with van der Waals surface area (Å²) in [7, 11) is 0. The van der Waals surface area contributed by atoms with Crippen molar-refractivity contribution in [3.63, 3.8) is 0 Å². The Morgan fingerprint density at radius 2 is 1.58 bits per heavy atom. The van der Waals surface area contributed by atoms with Crippen LogP contribution in [0.1, 0.15) is 48.5 Å². The van der Waals surface area contributed by atoms with E-state index in [4.69, 9.17) is 0 Å². The van der Waals surface area contributed by atoms with Gasteiger partial charge in [-0.2, -0.15) is 0 Å². The molecule has 0 fully saturated rings. The van der Waals surface area contributed by atoms with Crippen LogP contribution in [0.15, 0.2) is 42.6 Å². The van der Waals surface area contributed by atoms with E-state index in [0.717, 1.165) is 0 Å². The number of pyridine rings is 1. The number of amides is 3. The molecule has 7 heteroatoms. The predicted molar refractivity (Wildman–Crippen MR) is 100 cm³/mol. The standard InChI is InChI=1S/C19H22N4O3/c1-12(24)21-14-6-5-7-15(11-14)22-17(25)13-8-9-20-16(10-13)18(26)23-19(2,3)4/h5-11H,1-4H3,(H,21,24)(H,22,25)(H,23,26). The molecule has 2 rings (SSSR count). The third kappa shape index (κ3) is 5.70. The third-order valence-electron chi connectivity index (χ3n) is 3.18. The number of anilines is 2. The van der Waals surface area contributed by atoms with Crippen molar-refractivity contribution >= 4 is 29.1 Å². The van der Waals surface area contributed by atoms with Gasteiger partial charge in [0.2, 0.25) is 5.91 Å². The molecule has 0 saturated heterocycles. The summed E-state index contributed by atoms with van der Waals surface area (Å²) in [5.41, 5.74) is 1.18. The van der Waals surface area contributed by atoms with E-state index in [-0.39, 0.29) is 23.4 Å². The van der Waals surface area contributed by atoms with Crippen LogP contribution in [0.3, 0.4) is 0 Å². The van der Waals surface area contributed by atoms with E-state index in [1.165, 1.54) is 25.3 Å². The van der Waals surface area contributed by atoms with Crippen LogP contribution in [0.25, 0.3) is 0 Å². The lowest BCUT2D eigenvalue weighted by Crippen LogP contribution is -2.41. The minimum atomic E-state index is -0.402. The quantitative estimate of drug-likeness (QED) is 0.786. The summed E-state index contributed by atoms with van der Waals surface area (Å²) in [5.74, 6) is -0.922. The van der Waals surface area contributed by atoms with Crippen molar-refractivity contribution in [2.24, 2.45) is 0 Å². The lowest BCUT2D eigenvalue weighted by atomic mass is 10.1. The normalized spacial score (nSPS) is 10.8. The number of nitrogens with one attached hydrogen (secondary N) is 3. The maximum atomic E-state index is 12.4. The highest BCUT2D eigenvalue weighted by molar-refractivity contribution is 6.06. The summed E-state index contributed by atoms with van der Waals surface area (Å²) >= 11 is 0. The Bertz CT molecular complexity index is 841. The zero-order valence-electron chi connectivity index (χ0n) is 15.2. The van der Waals surface area contributed by atoms with Crippen LogP contribution in [0.2, 0.25) is 0 Å². The van der Waals surface area contributed by atoms with Crippen molar-refractivity contribution < 1.29 is 14.4 Å². The summed E-state index contributed by atoms with van der Waals surface area (Å²) in [4.78, 5) is 39.8. The van der Waals surface area contributed by atoms with Gasteiger partial charge in [-0.1, -0.05) is 6.07 Å². The molecule has 0 aliphatic heterocycles. The number of nitrogens with zero attached hydrogens (tertiary/aromatic N) is 1. The second-order valence-electron chi connectivity index (χ2n) is 6.85. The highest BCUT2D eigenvalue weighted by Gasteiger charge is 2.17. The molecular formula is C19H22N4O3. The molecule has 2 aromatic rings. The maximum absolute atomic E-state index is 12.4. The molecule has 3 N–H and O–H groups in total. The van der Waals surface area contributed by atoms with Gasteiger partial charge in [-0.25, -0.2) is 0 Å². The fraction of sp³-hybridized carbons (Fsp3) is 0.263. The van der Waals surface area contributed by atoms with Gasteiger partial charge in [0, 0.05) is 35.6 Å². The molecule has 0 unspecified atom stereocenters. The molecule has 7 nitrogen and oxygen atoms in total. The second-order valence-corrected chi connectivity index (χ2v) is 6.85. The number of hydrogen-bond acceptors (Lipinski definition) is 4. The SMILES string of the molecule is CC(=O)Nc1cccc(NC(=O)c2ccnc(C(=O)NC(C)(C)C)c2)c1. The molecule has 136 valence electrons. The van der Waals surface area contributed by atoms with E-state index in [1.807, 2.05) is 20.8 Å². The molecule has 0 bridgehead atoms. The lowest BCUT2D eigenvalue weighted by molar-refractivity contribution is -0.114. The molecule has 0 saturated carbocycles. The average Bonchev–Trinajstić information content (AvgIpc) is 2.53. The zero-order valence-corrected chi connectivity index (χ0v) is 15.2. The van der Waals surface area contributed by atoms with Gasteiger partial charge in [-0.15, -0.1) is 0 Å². The zero-order chi connectivity index (χ0) is 19.3. The van der Waals surface area contributed by atoms with E-state index >= 15 is 0 Å². The van der Waals surface area contributed by atoms with Crippen molar-refractivity contribution in [3.05, 3.63) is 53.9 Å². The first-order valence-corrected chi connectivity index (χ1v) is 8.11. The first kappa shape index (κ1) is 19.1. The third-order valence-corrected chi connectivity index (χ3v) is 3.18. The first-order valence-electron chi connectivity index (χ1n) is 8.11. The average molecular weight is 354 g/mol. The van der Waals surface area contributed by atoms with Gasteiger partial charge in [-0.05, 0) is 51.1 Å². The Hall–Kier alpha value is -3.22. The van der Waals surface area contributed by atoms with Gasteiger partial charge in [-0.3, -0.25) is 19.4 Å². The molecule has 26 heavy (non-hydrogen) atoms. The topological polar surface area (TPSA) is 100 Å². The van der Waals surface area contributed by atoms with Gasteiger partial charge in [0.15, 0.2) is 0 Å². The molecule has 0 aliphatic rings. The highest BCUT2D eigenvalue weighted by Crippen LogP contribution is 2.16. The number of hydrogen-bond donors (Lipinski definition) is 3. The van der Waals surface area contributed by atoms with Gasteiger partial charge < -0.3 is 16.0 Å². The molecule has 0 spiro atoms. The monoisotopic (exact) mass is 354 g/mol. The fourth-order valence-electron chi connectivity index (χ4n) is 2.18. The summed E-state index contributed by atoms with van der Waals surface area (Å²) in [6, 6.07) is 9.76. The Labute approximate surface area is 152 Å². The first-order chi connectivity index (χ1) is 12.1. The number of rotatable bonds is 4. The Morgan fingerprint density at radius 3 is 2.19 bits per heavy atom. The fourth-order valence-corrected chi connectivity index (χ4v) is 2.18. The smallest absolute Gasteiger partial charge is 0.270 e. The van der Waals surface area contributed by atoms with Gasteiger partial charge in [0.1, 0.15) is 5.69 Å². The number of carbonyl (C=O) groups is 3. The van der Waals surface area contributed by atoms with Crippen LogP contribution in [0.4, 0.5) is 11.4 Å². The Morgan fingerprint density at radius 1 is 0.923 bits per heavy atom. The van der Waals surface area contributed by atoms with Crippen LogP contribution in [-0.4, -0.2) is 28.2 Å². The molecule has 0 radical (unpaired) electrons. The molecule has 1 heterocycles. The lowest BCUT2D eigenvalue weighted by Gasteiger charge is -2.20. The minimum Gasteiger partial charge on any atom is -0.346 e. The molecular weight excluding hydrogens is 332 g/mol. The van der Waals surface area contributed by atoms with Crippen LogP contribution in [0, 0.1) is 0 Å². The van der Waals surface area contributed by atoms with Gasteiger partial charge in [0.25, 0.3) is 11.8 Å². The molecule has 3 amide bonds. The van der Waals surface area contributed by atoms with Crippen LogP contribution < -0.4 is 16.0 Å². The summed E-state index contributed by atoms with van der Waals surface area (Å²) < 4.78 is 0. The number of benzene rings is 1. The summed E-state index contributed by atoms with van der Waals surface area (Å²) in [6.07, 6.45) is 1.42. The predicted octanol–water partition coefficient (Wildman–Crippen LogP) is 2.82. The Kier molecular flexibility index (Phi) is 5.71. The molecule has 1 aromatic heterocycles. The van der Waals surface area contributed by atoms with Crippen molar-refractivity contribution in [1.29, 1.82) is 0 Å². The minimum absolute atomic E-state index is 0.166. The van der Waals surface area contributed by atoms with Crippen molar-refractivity contribution in [2.75, 3.05) is 10.6 Å². The highest BCUT2D eigenvalue weighted by atomic mass is 16.2. The number of carbonyl (C=O) groups excluding carboxylic acids is 3. The van der Waals surface area contributed by atoms with Crippen molar-refractivity contribution in [1.82, 2.24) is 10.3 Å². The molecule has 0 aliphatic carbocycles. The maximum Gasteiger partial charge on any atom is 0.270 e. The van der Waals surface area contributed by atoms with Crippen LogP contribution >= 0.6 is 0 Å². The second kappa shape index (κ2) is 7.77. The molecule has 1 aromatic carbocycles. The van der Waals surface area contributed by atoms with E-state index in [9.17, 15) is 14.4 Å². The van der Waals surface area contributed by atoms with Crippen LogP contribution in [0.5, 0.6) is 0 Å². The van der Waals surface area contributed by atoms with E-state index < -0.39 is 5.54 Å². The molecule has 0 atom stereocenters. The van der Waals surface area contributed by atoms with Crippen molar-refractivity contribution in [3.8, 4) is 0 Å². The van der Waals surface area contributed by atoms with E-state index in [2.05, 4.69) is 20.9 Å². The summed E-state index contributed by atoms with van der Waals surface area (Å²) in [6.45, 7) is 7.00. The van der Waals surface area contributed by atoms with E-state index in [1.54, 1.807) is 24.3 Å².